The molecule has 0 radical (unpaired) electrons. The highest BCUT2D eigenvalue weighted by molar-refractivity contribution is 5.08. The molecule has 0 N–H and O–H groups in total. The first-order chi connectivity index (χ1) is 6.35. The van der Waals surface area contributed by atoms with Crippen LogP contribution in [0.15, 0.2) is 0 Å². The third kappa shape index (κ3) is 0.918. The third-order valence-electron chi connectivity index (χ3n) is 4.85. The fourth-order valence-corrected chi connectivity index (χ4v) is 3.89. The standard InChI is InChI=1S/C12H20O/c1-3-7-6-10-11(7)9-5-8(4-2)12(9)13-10/h7-12H,3-6H2,1-2H3. The van der Waals surface area contributed by atoms with Crippen molar-refractivity contribution in [2.24, 2.45) is 23.7 Å². The number of hydrogen-bond donors (Lipinski definition) is 0. The molecule has 3 aliphatic rings. The van der Waals surface area contributed by atoms with E-state index in [1.807, 2.05) is 0 Å². The van der Waals surface area contributed by atoms with Gasteiger partial charge in [0.05, 0.1) is 12.2 Å². The summed E-state index contributed by atoms with van der Waals surface area (Å²) in [5.41, 5.74) is 0. The molecular formula is C12H20O. The van der Waals surface area contributed by atoms with Crippen molar-refractivity contribution in [2.45, 2.75) is 51.7 Å². The fraction of sp³-hybridized carbons (Fsp3) is 1.00. The van der Waals surface area contributed by atoms with Gasteiger partial charge in [0.2, 0.25) is 0 Å². The van der Waals surface area contributed by atoms with E-state index in [9.17, 15) is 0 Å². The molecule has 1 aliphatic heterocycles. The van der Waals surface area contributed by atoms with Crippen molar-refractivity contribution < 1.29 is 4.74 Å². The van der Waals surface area contributed by atoms with Gasteiger partial charge in [0, 0.05) is 0 Å². The summed E-state index contributed by atoms with van der Waals surface area (Å²) in [6.07, 6.45) is 6.90. The van der Waals surface area contributed by atoms with Crippen molar-refractivity contribution in [3.63, 3.8) is 0 Å². The summed E-state index contributed by atoms with van der Waals surface area (Å²) < 4.78 is 6.09. The quantitative estimate of drug-likeness (QED) is 0.635. The van der Waals surface area contributed by atoms with Crippen LogP contribution in [0, 0.1) is 23.7 Å². The molecule has 6 atom stereocenters. The molecule has 0 bridgehead atoms. The molecule has 1 heteroatoms. The first kappa shape index (κ1) is 8.28. The first-order valence-electron chi connectivity index (χ1n) is 6.00. The van der Waals surface area contributed by atoms with Crippen LogP contribution in [0.25, 0.3) is 0 Å². The minimum atomic E-state index is 0.677. The Morgan fingerprint density at radius 2 is 1.85 bits per heavy atom. The summed E-state index contributed by atoms with van der Waals surface area (Å²) in [6, 6.07) is 0. The normalized spacial score (nSPS) is 57.7. The van der Waals surface area contributed by atoms with Gasteiger partial charge in [-0.2, -0.15) is 0 Å². The van der Waals surface area contributed by atoms with Crippen LogP contribution in [0.4, 0.5) is 0 Å². The monoisotopic (exact) mass is 180 g/mol. The SMILES string of the molecule is CCC1CC2C1OC1CC(CC)C12. The van der Waals surface area contributed by atoms with Crippen LogP contribution in [-0.4, -0.2) is 12.2 Å². The molecule has 13 heavy (non-hydrogen) atoms. The summed E-state index contributed by atoms with van der Waals surface area (Å²) in [5, 5.41) is 0. The van der Waals surface area contributed by atoms with Gasteiger partial charge in [0.25, 0.3) is 0 Å². The summed E-state index contributed by atoms with van der Waals surface area (Å²) in [7, 11) is 0. The van der Waals surface area contributed by atoms with E-state index in [1.165, 1.54) is 25.7 Å². The van der Waals surface area contributed by atoms with Crippen LogP contribution >= 0.6 is 0 Å². The lowest BCUT2D eigenvalue weighted by Crippen LogP contribution is -2.45. The van der Waals surface area contributed by atoms with Gasteiger partial charge in [0.15, 0.2) is 0 Å². The van der Waals surface area contributed by atoms with Crippen molar-refractivity contribution in [1.29, 1.82) is 0 Å². The second-order valence-electron chi connectivity index (χ2n) is 5.19. The number of fused-ring (bicyclic) bond motifs is 3. The van der Waals surface area contributed by atoms with E-state index >= 15 is 0 Å². The van der Waals surface area contributed by atoms with E-state index < -0.39 is 0 Å². The summed E-state index contributed by atoms with van der Waals surface area (Å²) in [5.74, 6) is 3.86. The Bertz CT molecular complexity index is 213. The Morgan fingerprint density at radius 3 is 2.54 bits per heavy atom. The fourth-order valence-electron chi connectivity index (χ4n) is 3.89. The van der Waals surface area contributed by atoms with E-state index in [4.69, 9.17) is 4.74 Å². The van der Waals surface area contributed by atoms with Crippen molar-refractivity contribution in [2.75, 3.05) is 0 Å². The van der Waals surface area contributed by atoms with Crippen molar-refractivity contribution in [1.82, 2.24) is 0 Å². The van der Waals surface area contributed by atoms with Crippen molar-refractivity contribution >= 4 is 0 Å². The Kier molecular flexibility index (Phi) is 1.74. The molecule has 0 aromatic rings. The maximum atomic E-state index is 6.09. The highest BCUT2D eigenvalue weighted by Crippen LogP contribution is 2.60. The number of hydrogen-bond acceptors (Lipinski definition) is 1. The van der Waals surface area contributed by atoms with E-state index in [0.717, 1.165) is 23.7 Å². The lowest BCUT2D eigenvalue weighted by Gasteiger charge is -2.45. The Hall–Kier alpha value is -0.0400. The predicted molar refractivity (Wildman–Crippen MR) is 52.4 cm³/mol. The minimum Gasteiger partial charge on any atom is -0.374 e. The molecule has 6 unspecified atom stereocenters. The van der Waals surface area contributed by atoms with Gasteiger partial charge >= 0.3 is 0 Å². The van der Waals surface area contributed by atoms with Gasteiger partial charge in [-0.05, 0) is 36.5 Å². The molecule has 1 saturated heterocycles. The zero-order valence-corrected chi connectivity index (χ0v) is 8.70. The number of ether oxygens (including phenoxy) is 1. The van der Waals surface area contributed by atoms with Gasteiger partial charge in [0.1, 0.15) is 0 Å². The minimum absolute atomic E-state index is 0.677. The molecule has 1 heterocycles. The predicted octanol–water partition coefficient (Wildman–Crippen LogP) is 2.85. The van der Waals surface area contributed by atoms with Gasteiger partial charge in [-0.3, -0.25) is 0 Å². The summed E-state index contributed by atoms with van der Waals surface area (Å²) in [6.45, 7) is 4.64. The van der Waals surface area contributed by atoms with Gasteiger partial charge in [-0.1, -0.05) is 26.7 Å². The largest absolute Gasteiger partial charge is 0.374 e. The number of rotatable bonds is 2. The van der Waals surface area contributed by atoms with E-state index in [2.05, 4.69) is 13.8 Å². The van der Waals surface area contributed by atoms with Crippen LogP contribution < -0.4 is 0 Å². The Balaban J connectivity index is 1.69. The molecule has 0 aromatic carbocycles. The lowest BCUT2D eigenvalue weighted by molar-refractivity contribution is -0.0657. The molecule has 0 spiro atoms. The molecule has 2 saturated carbocycles. The molecule has 3 fully saturated rings. The van der Waals surface area contributed by atoms with Gasteiger partial charge in [-0.25, -0.2) is 0 Å². The molecular weight excluding hydrogens is 160 g/mol. The molecule has 0 aromatic heterocycles. The van der Waals surface area contributed by atoms with Crippen LogP contribution in [0.2, 0.25) is 0 Å². The smallest absolute Gasteiger partial charge is 0.0639 e. The Labute approximate surface area is 80.8 Å². The van der Waals surface area contributed by atoms with E-state index in [1.54, 1.807) is 0 Å². The zero-order chi connectivity index (χ0) is 9.00. The molecule has 3 rings (SSSR count). The maximum Gasteiger partial charge on any atom is 0.0639 e. The summed E-state index contributed by atoms with van der Waals surface area (Å²) >= 11 is 0. The zero-order valence-electron chi connectivity index (χ0n) is 8.70. The maximum absolute atomic E-state index is 6.09. The lowest BCUT2D eigenvalue weighted by atomic mass is 9.57. The molecule has 0 amide bonds. The second kappa shape index (κ2) is 2.73. The highest BCUT2D eigenvalue weighted by atomic mass is 16.5. The van der Waals surface area contributed by atoms with E-state index in [-0.39, 0.29) is 0 Å². The van der Waals surface area contributed by atoms with Crippen LogP contribution in [-0.2, 0) is 4.74 Å². The Morgan fingerprint density at radius 1 is 1.08 bits per heavy atom. The molecule has 1 nitrogen and oxygen atoms in total. The van der Waals surface area contributed by atoms with Gasteiger partial charge in [-0.15, -0.1) is 0 Å². The molecule has 2 aliphatic carbocycles. The topological polar surface area (TPSA) is 9.23 Å². The van der Waals surface area contributed by atoms with Gasteiger partial charge < -0.3 is 4.74 Å². The van der Waals surface area contributed by atoms with Crippen LogP contribution in [0.3, 0.4) is 0 Å². The van der Waals surface area contributed by atoms with Crippen molar-refractivity contribution in [3.05, 3.63) is 0 Å². The highest BCUT2D eigenvalue weighted by Gasteiger charge is 2.60. The summed E-state index contributed by atoms with van der Waals surface area (Å²) in [4.78, 5) is 0. The molecule has 74 valence electrons. The van der Waals surface area contributed by atoms with E-state index in [0.29, 0.717) is 12.2 Å². The second-order valence-corrected chi connectivity index (χ2v) is 5.19. The average Bonchev–Trinajstić information content (AvgIpc) is 2.28. The third-order valence-corrected chi connectivity index (χ3v) is 4.85. The van der Waals surface area contributed by atoms with Crippen molar-refractivity contribution in [3.8, 4) is 0 Å². The van der Waals surface area contributed by atoms with Crippen LogP contribution in [0.5, 0.6) is 0 Å². The van der Waals surface area contributed by atoms with Crippen LogP contribution in [0.1, 0.15) is 39.5 Å². The average molecular weight is 180 g/mol. The first-order valence-corrected chi connectivity index (χ1v) is 6.00.